The van der Waals surface area contributed by atoms with Crippen molar-refractivity contribution in [1.29, 1.82) is 0 Å². The molecule has 1 aliphatic rings. The molecule has 3 heteroatoms. The first-order valence-corrected chi connectivity index (χ1v) is 5.76. The monoisotopic (exact) mass is 205 g/mol. The zero-order chi connectivity index (χ0) is 10.5. The van der Waals surface area contributed by atoms with Crippen LogP contribution in [0.1, 0.15) is 24.9 Å². The minimum atomic E-state index is 0.492. The van der Waals surface area contributed by atoms with Crippen LogP contribution in [0.25, 0.3) is 0 Å². The Morgan fingerprint density at radius 1 is 1.60 bits per heavy atom. The van der Waals surface area contributed by atoms with Crippen LogP contribution in [-0.2, 0) is 0 Å². The maximum absolute atomic E-state index is 4.20. The first kappa shape index (κ1) is 10.6. The number of hydrogen-bond acceptors (Lipinski definition) is 3. The van der Waals surface area contributed by atoms with E-state index in [0.29, 0.717) is 6.04 Å². The molecule has 0 saturated carbocycles. The normalized spacial score (nSPS) is 23.7. The third kappa shape index (κ3) is 2.55. The topological polar surface area (TPSA) is 28.2 Å². The lowest BCUT2D eigenvalue weighted by atomic mass is 10.1. The fourth-order valence-electron chi connectivity index (χ4n) is 2.21. The molecule has 0 radical (unpaired) electrons. The van der Waals surface area contributed by atoms with Gasteiger partial charge in [0.1, 0.15) is 0 Å². The SMILES string of the molecule is CCN1CCCNCC1c1cccnc1. The summed E-state index contributed by atoms with van der Waals surface area (Å²) in [5.74, 6) is 0. The van der Waals surface area contributed by atoms with E-state index in [4.69, 9.17) is 0 Å². The number of pyridine rings is 1. The highest BCUT2D eigenvalue weighted by Crippen LogP contribution is 2.20. The van der Waals surface area contributed by atoms with Gasteiger partial charge in [0.2, 0.25) is 0 Å². The molecule has 82 valence electrons. The van der Waals surface area contributed by atoms with Crippen LogP contribution in [0.2, 0.25) is 0 Å². The molecule has 1 aliphatic heterocycles. The Morgan fingerprint density at radius 3 is 3.27 bits per heavy atom. The number of aromatic nitrogens is 1. The van der Waals surface area contributed by atoms with E-state index >= 15 is 0 Å². The van der Waals surface area contributed by atoms with E-state index in [0.717, 1.165) is 19.6 Å². The van der Waals surface area contributed by atoms with Crippen LogP contribution < -0.4 is 5.32 Å². The summed E-state index contributed by atoms with van der Waals surface area (Å²) >= 11 is 0. The second kappa shape index (κ2) is 5.24. The first-order valence-electron chi connectivity index (χ1n) is 5.76. The average Bonchev–Trinajstić information content (AvgIpc) is 2.55. The summed E-state index contributed by atoms with van der Waals surface area (Å²) in [6.07, 6.45) is 5.06. The number of likely N-dealkylation sites (N-methyl/N-ethyl adjacent to an activating group) is 1. The quantitative estimate of drug-likeness (QED) is 0.792. The lowest BCUT2D eigenvalue weighted by Gasteiger charge is -2.28. The molecule has 1 N–H and O–H groups in total. The standard InChI is InChI=1S/C12H19N3/c1-2-15-8-4-7-14-10-12(15)11-5-3-6-13-9-11/h3,5-6,9,12,14H,2,4,7-8,10H2,1H3. The lowest BCUT2D eigenvalue weighted by Crippen LogP contribution is -2.32. The highest BCUT2D eigenvalue weighted by Gasteiger charge is 2.20. The third-order valence-electron chi connectivity index (χ3n) is 3.05. The molecule has 1 unspecified atom stereocenters. The smallest absolute Gasteiger partial charge is 0.0487 e. The van der Waals surface area contributed by atoms with Crippen molar-refractivity contribution in [2.24, 2.45) is 0 Å². The average molecular weight is 205 g/mol. The van der Waals surface area contributed by atoms with Crippen molar-refractivity contribution >= 4 is 0 Å². The Kier molecular flexibility index (Phi) is 3.69. The third-order valence-corrected chi connectivity index (χ3v) is 3.05. The molecule has 15 heavy (non-hydrogen) atoms. The summed E-state index contributed by atoms with van der Waals surface area (Å²) in [5, 5.41) is 3.49. The van der Waals surface area contributed by atoms with Crippen molar-refractivity contribution in [2.75, 3.05) is 26.2 Å². The van der Waals surface area contributed by atoms with E-state index in [1.165, 1.54) is 18.5 Å². The van der Waals surface area contributed by atoms with Gasteiger partial charge in [0.05, 0.1) is 0 Å². The van der Waals surface area contributed by atoms with Crippen molar-refractivity contribution in [3.8, 4) is 0 Å². The van der Waals surface area contributed by atoms with Gasteiger partial charge in [0.15, 0.2) is 0 Å². The molecular weight excluding hydrogens is 186 g/mol. The van der Waals surface area contributed by atoms with Crippen molar-refractivity contribution in [3.05, 3.63) is 30.1 Å². The molecule has 0 aromatic carbocycles. The molecule has 0 amide bonds. The summed E-state index contributed by atoms with van der Waals surface area (Å²) in [7, 11) is 0. The molecule has 0 aliphatic carbocycles. The summed E-state index contributed by atoms with van der Waals surface area (Å²) in [6.45, 7) is 6.70. The molecule has 1 aromatic heterocycles. The molecule has 2 heterocycles. The van der Waals surface area contributed by atoms with E-state index in [-0.39, 0.29) is 0 Å². The number of rotatable bonds is 2. The molecule has 3 nitrogen and oxygen atoms in total. The van der Waals surface area contributed by atoms with Crippen LogP contribution in [0.3, 0.4) is 0 Å². The fourth-order valence-corrected chi connectivity index (χ4v) is 2.21. The van der Waals surface area contributed by atoms with Crippen LogP contribution in [0, 0.1) is 0 Å². The van der Waals surface area contributed by atoms with E-state index in [2.05, 4.69) is 28.2 Å². The summed E-state index contributed by atoms with van der Waals surface area (Å²) in [4.78, 5) is 6.73. The Labute approximate surface area is 91.5 Å². The Morgan fingerprint density at radius 2 is 2.53 bits per heavy atom. The fraction of sp³-hybridized carbons (Fsp3) is 0.583. The van der Waals surface area contributed by atoms with Gasteiger partial charge in [0, 0.05) is 25.0 Å². The zero-order valence-electron chi connectivity index (χ0n) is 9.32. The lowest BCUT2D eigenvalue weighted by molar-refractivity contribution is 0.222. The summed E-state index contributed by atoms with van der Waals surface area (Å²) < 4.78 is 0. The van der Waals surface area contributed by atoms with Gasteiger partial charge in [-0.05, 0) is 37.7 Å². The van der Waals surface area contributed by atoms with E-state index in [1.807, 2.05) is 18.5 Å². The molecule has 1 fully saturated rings. The predicted octanol–water partition coefficient (Wildman–Crippen LogP) is 1.44. The summed E-state index contributed by atoms with van der Waals surface area (Å²) in [5.41, 5.74) is 1.33. The zero-order valence-corrected chi connectivity index (χ0v) is 9.32. The Bertz CT molecular complexity index is 286. The van der Waals surface area contributed by atoms with Gasteiger partial charge in [-0.15, -0.1) is 0 Å². The van der Waals surface area contributed by atoms with Crippen molar-refractivity contribution in [1.82, 2.24) is 15.2 Å². The van der Waals surface area contributed by atoms with Crippen LogP contribution in [-0.4, -0.2) is 36.1 Å². The van der Waals surface area contributed by atoms with Crippen LogP contribution in [0.15, 0.2) is 24.5 Å². The van der Waals surface area contributed by atoms with E-state index in [9.17, 15) is 0 Å². The van der Waals surface area contributed by atoms with Gasteiger partial charge in [-0.1, -0.05) is 13.0 Å². The van der Waals surface area contributed by atoms with Gasteiger partial charge >= 0.3 is 0 Å². The van der Waals surface area contributed by atoms with Crippen LogP contribution in [0.4, 0.5) is 0 Å². The molecule has 0 spiro atoms. The highest BCUT2D eigenvalue weighted by molar-refractivity contribution is 5.15. The van der Waals surface area contributed by atoms with Gasteiger partial charge in [-0.25, -0.2) is 0 Å². The van der Waals surface area contributed by atoms with Gasteiger partial charge in [-0.3, -0.25) is 9.88 Å². The highest BCUT2D eigenvalue weighted by atomic mass is 15.2. The van der Waals surface area contributed by atoms with Crippen LogP contribution >= 0.6 is 0 Å². The molecular formula is C12H19N3. The second-order valence-electron chi connectivity index (χ2n) is 3.99. The Hall–Kier alpha value is -0.930. The van der Waals surface area contributed by atoms with Gasteiger partial charge < -0.3 is 5.32 Å². The maximum atomic E-state index is 4.20. The van der Waals surface area contributed by atoms with E-state index in [1.54, 1.807) is 0 Å². The van der Waals surface area contributed by atoms with Crippen molar-refractivity contribution < 1.29 is 0 Å². The minimum Gasteiger partial charge on any atom is -0.315 e. The molecule has 1 atom stereocenters. The summed E-state index contributed by atoms with van der Waals surface area (Å²) in [6, 6.07) is 4.69. The molecule has 0 bridgehead atoms. The largest absolute Gasteiger partial charge is 0.315 e. The van der Waals surface area contributed by atoms with E-state index < -0.39 is 0 Å². The number of nitrogens with zero attached hydrogens (tertiary/aromatic N) is 2. The van der Waals surface area contributed by atoms with Crippen molar-refractivity contribution in [2.45, 2.75) is 19.4 Å². The van der Waals surface area contributed by atoms with Crippen molar-refractivity contribution in [3.63, 3.8) is 0 Å². The maximum Gasteiger partial charge on any atom is 0.0487 e. The Balaban J connectivity index is 2.16. The molecule has 2 rings (SSSR count). The van der Waals surface area contributed by atoms with Gasteiger partial charge in [-0.2, -0.15) is 0 Å². The minimum absolute atomic E-state index is 0.492. The number of hydrogen-bond donors (Lipinski definition) is 1. The molecule has 1 aromatic rings. The van der Waals surface area contributed by atoms with Crippen LogP contribution in [0.5, 0.6) is 0 Å². The second-order valence-corrected chi connectivity index (χ2v) is 3.99. The van der Waals surface area contributed by atoms with Gasteiger partial charge in [0.25, 0.3) is 0 Å². The first-order chi connectivity index (χ1) is 7.42. The predicted molar refractivity (Wildman–Crippen MR) is 61.7 cm³/mol. The molecule has 1 saturated heterocycles. The number of nitrogens with one attached hydrogen (secondary N) is 1.